The van der Waals surface area contributed by atoms with Crippen molar-refractivity contribution in [3.8, 4) is 0 Å². The van der Waals surface area contributed by atoms with Crippen LogP contribution in [0, 0.1) is 0 Å². The molecule has 2 rings (SSSR count). The first-order chi connectivity index (χ1) is 8.24. The van der Waals surface area contributed by atoms with Crippen LogP contribution in [0.15, 0.2) is 46.7 Å². The smallest absolute Gasteiger partial charge is 0.221 e. The summed E-state index contributed by atoms with van der Waals surface area (Å²) in [5, 5.41) is 4.85. The molecule has 1 aromatic heterocycles. The van der Waals surface area contributed by atoms with Crippen LogP contribution in [-0.4, -0.2) is 5.91 Å². The first kappa shape index (κ1) is 12.2. The van der Waals surface area contributed by atoms with E-state index in [0.717, 1.165) is 11.4 Å². The van der Waals surface area contributed by atoms with Gasteiger partial charge in [0, 0.05) is 28.1 Å². The second-order valence-electron chi connectivity index (χ2n) is 3.57. The number of benzene rings is 1. The molecule has 0 saturated carbocycles. The number of hydrogen-bond donors (Lipinski definition) is 1. The molecule has 17 heavy (non-hydrogen) atoms. The molecule has 1 N–H and O–H groups in total. The summed E-state index contributed by atoms with van der Waals surface area (Å²) in [6, 6.07) is 12.1. The lowest BCUT2D eigenvalue weighted by Crippen LogP contribution is -2.05. The zero-order valence-corrected chi connectivity index (χ0v) is 11.1. The van der Waals surface area contributed by atoms with Gasteiger partial charge in [-0.1, -0.05) is 6.07 Å². The number of thioether (sulfide) groups is 1. The van der Waals surface area contributed by atoms with Crippen LogP contribution in [0.1, 0.15) is 11.8 Å². The van der Waals surface area contributed by atoms with Gasteiger partial charge >= 0.3 is 0 Å². The SMILES string of the molecule is CC(=O)Nc1ccc(SCc2cccs2)cc1. The predicted octanol–water partition coefficient (Wildman–Crippen LogP) is 4.00. The highest BCUT2D eigenvalue weighted by atomic mass is 32.2. The number of hydrogen-bond acceptors (Lipinski definition) is 3. The topological polar surface area (TPSA) is 29.1 Å². The predicted molar refractivity (Wildman–Crippen MR) is 74.6 cm³/mol. The zero-order chi connectivity index (χ0) is 12.1. The average molecular weight is 263 g/mol. The third-order valence-corrected chi connectivity index (χ3v) is 4.26. The lowest BCUT2D eigenvalue weighted by molar-refractivity contribution is -0.114. The van der Waals surface area contributed by atoms with Gasteiger partial charge in [0.1, 0.15) is 0 Å². The van der Waals surface area contributed by atoms with E-state index in [2.05, 4.69) is 22.8 Å². The van der Waals surface area contributed by atoms with Gasteiger partial charge in [0.05, 0.1) is 0 Å². The Balaban J connectivity index is 1.91. The van der Waals surface area contributed by atoms with Crippen molar-refractivity contribution in [1.29, 1.82) is 0 Å². The Kier molecular flexibility index (Phi) is 4.23. The maximum Gasteiger partial charge on any atom is 0.221 e. The van der Waals surface area contributed by atoms with E-state index >= 15 is 0 Å². The third-order valence-electron chi connectivity index (χ3n) is 2.14. The molecule has 0 radical (unpaired) electrons. The minimum absolute atomic E-state index is 0.0380. The van der Waals surface area contributed by atoms with Crippen molar-refractivity contribution in [2.24, 2.45) is 0 Å². The Morgan fingerprint density at radius 1 is 1.29 bits per heavy atom. The second-order valence-corrected chi connectivity index (χ2v) is 5.65. The summed E-state index contributed by atoms with van der Waals surface area (Å²) >= 11 is 3.58. The fourth-order valence-corrected chi connectivity index (χ4v) is 3.06. The first-order valence-electron chi connectivity index (χ1n) is 5.27. The Morgan fingerprint density at radius 3 is 2.65 bits per heavy atom. The van der Waals surface area contributed by atoms with E-state index in [1.54, 1.807) is 23.1 Å². The maximum absolute atomic E-state index is 10.9. The van der Waals surface area contributed by atoms with Gasteiger partial charge in [0.15, 0.2) is 0 Å². The molecule has 0 unspecified atom stereocenters. The quantitative estimate of drug-likeness (QED) is 0.845. The van der Waals surface area contributed by atoms with Gasteiger partial charge in [-0.2, -0.15) is 0 Å². The summed E-state index contributed by atoms with van der Waals surface area (Å²) in [6.45, 7) is 1.51. The number of nitrogens with one attached hydrogen (secondary N) is 1. The van der Waals surface area contributed by atoms with Crippen molar-refractivity contribution >= 4 is 34.7 Å². The fourth-order valence-electron chi connectivity index (χ4n) is 1.39. The maximum atomic E-state index is 10.9. The van der Waals surface area contributed by atoms with E-state index < -0.39 is 0 Å². The van der Waals surface area contributed by atoms with Crippen LogP contribution in [0.25, 0.3) is 0 Å². The molecule has 4 heteroatoms. The molecule has 0 spiro atoms. The van der Waals surface area contributed by atoms with Gasteiger partial charge < -0.3 is 5.32 Å². The molecular formula is C13H13NOS2. The van der Waals surface area contributed by atoms with Crippen molar-refractivity contribution in [3.63, 3.8) is 0 Å². The summed E-state index contributed by atoms with van der Waals surface area (Å²) < 4.78 is 0. The molecule has 2 nitrogen and oxygen atoms in total. The van der Waals surface area contributed by atoms with Crippen LogP contribution < -0.4 is 5.32 Å². The number of carbonyl (C=O) groups is 1. The van der Waals surface area contributed by atoms with E-state index in [4.69, 9.17) is 0 Å². The number of carbonyl (C=O) groups excluding carboxylic acids is 1. The minimum atomic E-state index is -0.0380. The zero-order valence-electron chi connectivity index (χ0n) is 9.47. The molecule has 88 valence electrons. The monoisotopic (exact) mass is 263 g/mol. The molecule has 0 bridgehead atoms. The van der Waals surface area contributed by atoms with Crippen molar-refractivity contribution in [2.45, 2.75) is 17.6 Å². The van der Waals surface area contributed by atoms with Crippen LogP contribution in [0.5, 0.6) is 0 Å². The third kappa shape index (κ3) is 3.91. The Bertz CT molecular complexity index is 477. The summed E-state index contributed by atoms with van der Waals surface area (Å²) in [6.07, 6.45) is 0. The van der Waals surface area contributed by atoms with E-state index in [-0.39, 0.29) is 5.91 Å². The molecule has 0 aliphatic heterocycles. The van der Waals surface area contributed by atoms with Gasteiger partial charge in [-0.25, -0.2) is 0 Å². The van der Waals surface area contributed by atoms with E-state index in [1.165, 1.54) is 16.7 Å². The number of anilines is 1. The van der Waals surface area contributed by atoms with Crippen LogP contribution in [-0.2, 0) is 10.5 Å². The van der Waals surface area contributed by atoms with E-state index in [0.29, 0.717) is 0 Å². The molecule has 1 aromatic carbocycles. The van der Waals surface area contributed by atoms with E-state index in [9.17, 15) is 4.79 Å². The highest BCUT2D eigenvalue weighted by Gasteiger charge is 1.98. The molecular weight excluding hydrogens is 250 g/mol. The lowest BCUT2D eigenvalue weighted by atomic mass is 10.3. The van der Waals surface area contributed by atoms with Crippen molar-refractivity contribution in [2.75, 3.05) is 5.32 Å². The van der Waals surface area contributed by atoms with Gasteiger partial charge in [-0.3, -0.25) is 4.79 Å². The fraction of sp³-hybridized carbons (Fsp3) is 0.154. The highest BCUT2D eigenvalue weighted by Crippen LogP contribution is 2.25. The van der Waals surface area contributed by atoms with Crippen LogP contribution in [0.4, 0.5) is 5.69 Å². The minimum Gasteiger partial charge on any atom is -0.326 e. The Hall–Kier alpha value is -1.26. The number of amides is 1. The van der Waals surface area contributed by atoms with E-state index in [1.807, 2.05) is 24.3 Å². The Morgan fingerprint density at radius 2 is 2.06 bits per heavy atom. The first-order valence-corrected chi connectivity index (χ1v) is 7.13. The van der Waals surface area contributed by atoms with Gasteiger partial charge in [0.25, 0.3) is 0 Å². The van der Waals surface area contributed by atoms with Gasteiger partial charge in [-0.15, -0.1) is 23.1 Å². The molecule has 0 saturated heterocycles. The summed E-state index contributed by atoms with van der Waals surface area (Å²) in [5.74, 6) is 0.959. The largest absolute Gasteiger partial charge is 0.326 e. The van der Waals surface area contributed by atoms with Crippen molar-refractivity contribution < 1.29 is 4.79 Å². The normalized spacial score (nSPS) is 10.2. The molecule has 2 aromatic rings. The Labute approximate surface area is 109 Å². The highest BCUT2D eigenvalue weighted by molar-refractivity contribution is 7.98. The molecule has 1 amide bonds. The van der Waals surface area contributed by atoms with Crippen LogP contribution >= 0.6 is 23.1 Å². The number of thiophene rings is 1. The van der Waals surface area contributed by atoms with Crippen LogP contribution in [0.3, 0.4) is 0 Å². The molecule has 0 atom stereocenters. The molecule has 0 fully saturated rings. The van der Waals surface area contributed by atoms with Gasteiger partial charge in [-0.05, 0) is 35.7 Å². The number of rotatable bonds is 4. The summed E-state index contributed by atoms with van der Waals surface area (Å²) in [5.41, 5.74) is 0.845. The summed E-state index contributed by atoms with van der Waals surface area (Å²) in [7, 11) is 0. The summed E-state index contributed by atoms with van der Waals surface area (Å²) in [4.78, 5) is 13.5. The second kappa shape index (κ2) is 5.89. The van der Waals surface area contributed by atoms with Crippen molar-refractivity contribution in [1.82, 2.24) is 0 Å². The lowest BCUT2D eigenvalue weighted by Gasteiger charge is -2.03. The molecule has 1 heterocycles. The average Bonchev–Trinajstić information content (AvgIpc) is 2.80. The van der Waals surface area contributed by atoms with Crippen molar-refractivity contribution in [3.05, 3.63) is 46.7 Å². The standard InChI is InChI=1S/C13H13NOS2/c1-10(15)14-11-4-6-12(7-5-11)17-9-13-3-2-8-16-13/h2-8H,9H2,1H3,(H,14,15). The molecule has 0 aliphatic rings. The van der Waals surface area contributed by atoms with Crippen LogP contribution in [0.2, 0.25) is 0 Å². The van der Waals surface area contributed by atoms with Gasteiger partial charge in [0.2, 0.25) is 5.91 Å². The molecule has 0 aliphatic carbocycles.